The van der Waals surface area contributed by atoms with Crippen LogP contribution in [0.3, 0.4) is 0 Å². The normalized spacial score (nSPS) is 17.3. The number of hydrogen-bond acceptors (Lipinski definition) is 5. The molecule has 1 aliphatic carbocycles. The second kappa shape index (κ2) is 8.37. The number of nitrogens with zero attached hydrogens (tertiary/aromatic N) is 3. The summed E-state index contributed by atoms with van der Waals surface area (Å²) >= 11 is 0. The fourth-order valence-electron chi connectivity index (χ4n) is 2.98. The van der Waals surface area contributed by atoms with Gasteiger partial charge < -0.3 is 14.8 Å². The van der Waals surface area contributed by atoms with Crippen molar-refractivity contribution in [3.8, 4) is 11.4 Å². The molecule has 1 aromatic heterocycles. The van der Waals surface area contributed by atoms with E-state index < -0.39 is 18.1 Å². The lowest BCUT2D eigenvalue weighted by Crippen LogP contribution is -2.39. The molecule has 162 valence electrons. The van der Waals surface area contributed by atoms with Crippen LogP contribution in [-0.4, -0.2) is 38.9 Å². The van der Waals surface area contributed by atoms with E-state index in [0.29, 0.717) is 24.4 Å². The zero-order valence-corrected chi connectivity index (χ0v) is 16.9. The van der Waals surface area contributed by atoms with Crippen LogP contribution in [0.15, 0.2) is 36.7 Å². The van der Waals surface area contributed by atoms with Crippen molar-refractivity contribution in [2.24, 2.45) is 0 Å². The predicted molar refractivity (Wildman–Crippen MR) is 103 cm³/mol. The van der Waals surface area contributed by atoms with Gasteiger partial charge in [0.25, 0.3) is 0 Å². The topological polar surface area (TPSA) is 78.3 Å². The average Bonchev–Trinajstić information content (AvgIpc) is 3.10. The summed E-state index contributed by atoms with van der Waals surface area (Å²) in [7, 11) is 0. The molecular formula is C20H23F3N4O3. The maximum atomic E-state index is 12.3. The second-order valence-corrected chi connectivity index (χ2v) is 7.90. The Balaban J connectivity index is 1.60. The number of hydrogen-bond donors (Lipinski definition) is 1. The average molecular weight is 424 g/mol. The highest BCUT2D eigenvalue weighted by Gasteiger charge is 2.31. The first-order chi connectivity index (χ1) is 14.0. The van der Waals surface area contributed by atoms with Crippen molar-refractivity contribution in [1.82, 2.24) is 20.1 Å². The Kier molecular flexibility index (Phi) is 6.04. The Bertz CT molecular complexity index is 915. The second-order valence-electron chi connectivity index (χ2n) is 7.90. The van der Waals surface area contributed by atoms with Crippen LogP contribution in [0.25, 0.3) is 11.3 Å². The monoisotopic (exact) mass is 424 g/mol. The zero-order valence-electron chi connectivity index (χ0n) is 16.9. The van der Waals surface area contributed by atoms with Crippen LogP contribution in [0.5, 0.6) is 5.75 Å². The van der Waals surface area contributed by atoms with Crippen LogP contribution in [0.4, 0.5) is 18.0 Å². The van der Waals surface area contributed by atoms with Gasteiger partial charge in [-0.3, -0.25) is 0 Å². The third kappa shape index (κ3) is 6.23. The smallest absolute Gasteiger partial charge is 0.444 e. The number of alkyl carbamates (subject to hydrolysis) is 1. The molecule has 7 nitrogen and oxygen atoms in total. The number of carbonyl (C=O) groups excluding carboxylic acids is 1. The quantitative estimate of drug-likeness (QED) is 0.775. The van der Waals surface area contributed by atoms with E-state index >= 15 is 0 Å². The molecule has 0 saturated heterocycles. The molecule has 1 unspecified atom stereocenters. The Labute approximate surface area is 171 Å². The van der Waals surface area contributed by atoms with Crippen molar-refractivity contribution in [2.75, 3.05) is 0 Å². The number of carbonyl (C=O) groups is 1. The van der Waals surface area contributed by atoms with Gasteiger partial charge in [-0.05, 0) is 69.9 Å². The maximum Gasteiger partial charge on any atom is 0.573 e. The summed E-state index contributed by atoms with van der Waals surface area (Å²) < 4.78 is 47.4. The summed E-state index contributed by atoms with van der Waals surface area (Å²) in [5, 5.41) is 7.26. The van der Waals surface area contributed by atoms with Crippen LogP contribution in [0.2, 0.25) is 0 Å². The number of rotatable bonds is 4. The highest BCUT2D eigenvalue weighted by atomic mass is 19.4. The van der Waals surface area contributed by atoms with E-state index in [4.69, 9.17) is 4.74 Å². The van der Waals surface area contributed by atoms with Crippen molar-refractivity contribution in [2.45, 2.75) is 58.0 Å². The minimum Gasteiger partial charge on any atom is -0.444 e. The molecule has 1 aliphatic rings. The van der Waals surface area contributed by atoms with Crippen molar-refractivity contribution in [3.63, 3.8) is 0 Å². The number of allylic oxidation sites excluding steroid dienone is 1. The van der Waals surface area contributed by atoms with Crippen molar-refractivity contribution >= 4 is 11.7 Å². The van der Waals surface area contributed by atoms with E-state index in [0.717, 1.165) is 12.0 Å². The van der Waals surface area contributed by atoms with Crippen LogP contribution in [0.1, 0.15) is 45.9 Å². The number of benzene rings is 1. The van der Waals surface area contributed by atoms with E-state index in [-0.39, 0.29) is 11.8 Å². The Morgan fingerprint density at radius 2 is 1.90 bits per heavy atom. The highest BCUT2D eigenvalue weighted by molar-refractivity contribution is 5.68. The van der Waals surface area contributed by atoms with Gasteiger partial charge in [0.15, 0.2) is 5.82 Å². The van der Waals surface area contributed by atoms with Gasteiger partial charge in [-0.1, -0.05) is 6.08 Å². The number of alkyl halides is 3. The first-order valence-electron chi connectivity index (χ1n) is 9.45. The van der Waals surface area contributed by atoms with E-state index in [1.807, 2.05) is 26.8 Å². The summed E-state index contributed by atoms with van der Waals surface area (Å²) in [6.45, 7) is 5.43. The van der Waals surface area contributed by atoms with Crippen LogP contribution < -0.4 is 10.1 Å². The Hall–Kier alpha value is -3.04. The molecule has 10 heteroatoms. The molecule has 0 spiro atoms. The molecule has 1 heterocycles. The van der Waals surface area contributed by atoms with E-state index in [1.165, 1.54) is 35.3 Å². The highest BCUT2D eigenvalue weighted by Crippen LogP contribution is 2.26. The van der Waals surface area contributed by atoms with Crippen LogP contribution in [-0.2, 0) is 4.74 Å². The van der Waals surface area contributed by atoms with E-state index in [1.54, 1.807) is 0 Å². The van der Waals surface area contributed by atoms with Crippen molar-refractivity contribution in [3.05, 3.63) is 42.5 Å². The van der Waals surface area contributed by atoms with Crippen molar-refractivity contribution < 1.29 is 27.4 Å². The molecule has 0 saturated carbocycles. The van der Waals surface area contributed by atoms with Gasteiger partial charge in [0, 0.05) is 6.04 Å². The van der Waals surface area contributed by atoms with Crippen LogP contribution >= 0.6 is 0 Å². The molecule has 0 fully saturated rings. The van der Waals surface area contributed by atoms with Gasteiger partial charge in [-0.15, -0.1) is 18.3 Å². The molecule has 1 aromatic carbocycles. The summed E-state index contributed by atoms with van der Waals surface area (Å²) in [6.07, 6.45) is 0.348. The lowest BCUT2D eigenvalue weighted by molar-refractivity contribution is -0.274. The van der Waals surface area contributed by atoms with Gasteiger partial charge in [-0.25, -0.2) is 14.5 Å². The predicted octanol–water partition coefficient (Wildman–Crippen LogP) is 4.63. The summed E-state index contributed by atoms with van der Waals surface area (Å²) in [5.74, 6) is 0.242. The van der Waals surface area contributed by atoms with Crippen LogP contribution in [0, 0.1) is 0 Å². The minimum atomic E-state index is -4.73. The van der Waals surface area contributed by atoms with Crippen molar-refractivity contribution in [1.29, 1.82) is 0 Å². The lowest BCUT2D eigenvalue weighted by Gasteiger charge is -2.25. The minimum absolute atomic E-state index is 0.0214. The number of halogens is 3. The number of ether oxygens (including phenoxy) is 2. The number of amides is 1. The molecular weight excluding hydrogens is 401 g/mol. The third-order valence-electron chi connectivity index (χ3n) is 4.25. The molecule has 2 aromatic rings. The molecule has 3 rings (SSSR count). The fraction of sp³-hybridized carbons (Fsp3) is 0.450. The summed E-state index contributed by atoms with van der Waals surface area (Å²) in [4.78, 5) is 16.2. The van der Waals surface area contributed by atoms with Gasteiger partial charge in [-0.2, -0.15) is 0 Å². The first kappa shape index (κ1) is 21.7. The molecule has 1 N–H and O–H groups in total. The summed E-state index contributed by atoms with van der Waals surface area (Å²) in [5.41, 5.74) is 0.963. The van der Waals surface area contributed by atoms with E-state index in [9.17, 15) is 18.0 Å². The maximum absolute atomic E-state index is 12.3. The molecule has 1 amide bonds. The summed E-state index contributed by atoms with van der Waals surface area (Å²) in [6, 6.07) is 5.35. The van der Waals surface area contributed by atoms with Gasteiger partial charge in [0.2, 0.25) is 0 Å². The molecule has 0 radical (unpaired) electrons. The molecule has 1 atom stereocenters. The molecule has 0 aliphatic heterocycles. The zero-order chi connectivity index (χ0) is 21.9. The number of nitrogens with one attached hydrogen (secondary N) is 1. The molecule has 30 heavy (non-hydrogen) atoms. The third-order valence-corrected chi connectivity index (χ3v) is 4.25. The van der Waals surface area contributed by atoms with Gasteiger partial charge >= 0.3 is 12.5 Å². The Morgan fingerprint density at radius 1 is 1.20 bits per heavy atom. The Morgan fingerprint density at radius 3 is 2.47 bits per heavy atom. The fourth-order valence-corrected chi connectivity index (χ4v) is 2.98. The SMILES string of the molecule is CC(C)(C)OC(=O)NC1CC=C(c2ncn(-c3ccc(OC(F)(F)F)cc3)n2)CC1. The first-order valence-corrected chi connectivity index (χ1v) is 9.45. The molecule has 0 bridgehead atoms. The van der Waals surface area contributed by atoms with Gasteiger partial charge in [0.1, 0.15) is 17.7 Å². The largest absolute Gasteiger partial charge is 0.573 e. The standard InChI is InChI=1S/C20H23F3N4O3/c1-19(2,3)30-18(28)25-14-6-4-13(5-7-14)17-24-12-27(26-17)15-8-10-16(11-9-15)29-20(21,22)23/h4,8-12,14H,5-7H2,1-3H3,(H,25,28). The lowest BCUT2D eigenvalue weighted by atomic mass is 9.95. The number of aromatic nitrogens is 3. The van der Waals surface area contributed by atoms with Gasteiger partial charge in [0.05, 0.1) is 5.69 Å². The van der Waals surface area contributed by atoms with E-state index in [2.05, 4.69) is 20.1 Å².